The van der Waals surface area contributed by atoms with Gasteiger partial charge >= 0.3 is 5.97 Å². The van der Waals surface area contributed by atoms with Crippen LogP contribution in [0.5, 0.6) is 0 Å². The van der Waals surface area contributed by atoms with E-state index in [0.717, 1.165) is 19.3 Å². The molecular formula is C11H22O2. The summed E-state index contributed by atoms with van der Waals surface area (Å²) in [6.07, 6.45) is 2.83. The van der Waals surface area contributed by atoms with Crippen LogP contribution in [0, 0.1) is 10.8 Å². The molecule has 0 amide bonds. The number of hydrogen-bond acceptors (Lipinski definition) is 1. The summed E-state index contributed by atoms with van der Waals surface area (Å²) in [6, 6.07) is 0. The first-order valence-electron chi connectivity index (χ1n) is 4.95. The molecule has 0 spiro atoms. The first-order valence-corrected chi connectivity index (χ1v) is 4.95. The maximum atomic E-state index is 10.8. The molecule has 2 heteroatoms. The van der Waals surface area contributed by atoms with E-state index in [4.69, 9.17) is 5.11 Å². The van der Waals surface area contributed by atoms with E-state index in [2.05, 4.69) is 20.8 Å². The van der Waals surface area contributed by atoms with Gasteiger partial charge in [-0.3, -0.25) is 4.79 Å². The van der Waals surface area contributed by atoms with Gasteiger partial charge in [0.2, 0.25) is 0 Å². The molecule has 0 saturated heterocycles. The van der Waals surface area contributed by atoms with E-state index in [1.807, 2.05) is 0 Å². The standard InChI is InChI=1S/C11H22O2/c1-6-10(2,3)7-8-11(4,5)9(12)13/h6-8H2,1-5H3,(H,12,13). The van der Waals surface area contributed by atoms with Gasteiger partial charge in [0.15, 0.2) is 0 Å². The zero-order chi connectivity index (χ0) is 10.7. The Hall–Kier alpha value is -0.530. The molecule has 13 heavy (non-hydrogen) atoms. The molecule has 78 valence electrons. The second-order valence-corrected chi connectivity index (χ2v) is 5.21. The van der Waals surface area contributed by atoms with Crippen LogP contribution in [0.2, 0.25) is 0 Å². The average molecular weight is 186 g/mol. The van der Waals surface area contributed by atoms with Crippen molar-refractivity contribution >= 4 is 5.97 Å². The SMILES string of the molecule is CCC(C)(C)CCC(C)(C)C(=O)O. The van der Waals surface area contributed by atoms with E-state index in [9.17, 15) is 4.79 Å². The van der Waals surface area contributed by atoms with E-state index in [-0.39, 0.29) is 5.41 Å². The maximum absolute atomic E-state index is 10.8. The third kappa shape index (κ3) is 4.30. The van der Waals surface area contributed by atoms with Gasteiger partial charge in [-0.2, -0.15) is 0 Å². The third-order valence-electron chi connectivity index (χ3n) is 2.96. The van der Waals surface area contributed by atoms with Gasteiger partial charge in [0.05, 0.1) is 5.41 Å². The van der Waals surface area contributed by atoms with Crippen LogP contribution in [-0.2, 0) is 4.79 Å². The van der Waals surface area contributed by atoms with Gasteiger partial charge in [-0.15, -0.1) is 0 Å². The lowest BCUT2D eigenvalue weighted by Crippen LogP contribution is -2.25. The van der Waals surface area contributed by atoms with Crippen molar-refractivity contribution in [1.82, 2.24) is 0 Å². The Labute approximate surface area is 81.3 Å². The molecule has 0 aromatic heterocycles. The summed E-state index contributed by atoms with van der Waals surface area (Å²) >= 11 is 0. The molecule has 2 nitrogen and oxygen atoms in total. The van der Waals surface area contributed by atoms with Crippen molar-refractivity contribution in [2.75, 3.05) is 0 Å². The molecule has 0 aliphatic heterocycles. The highest BCUT2D eigenvalue weighted by molar-refractivity contribution is 5.73. The van der Waals surface area contributed by atoms with Crippen LogP contribution in [0.3, 0.4) is 0 Å². The van der Waals surface area contributed by atoms with Crippen molar-refractivity contribution in [3.05, 3.63) is 0 Å². The molecule has 0 radical (unpaired) electrons. The molecule has 0 bridgehead atoms. The van der Waals surface area contributed by atoms with E-state index >= 15 is 0 Å². The van der Waals surface area contributed by atoms with Crippen LogP contribution in [0.15, 0.2) is 0 Å². The average Bonchev–Trinajstić information content (AvgIpc) is 2.01. The minimum absolute atomic E-state index is 0.271. The smallest absolute Gasteiger partial charge is 0.309 e. The molecule has 0 rings (SSSR count). The molecule has 0 saturated carbocycles. The van der Waals surface area contributed by atoms with E-state index in [1.54, 1.807) is 13.8 Å². The molecule has 0 aliphatic carbocycles. The van der Waals surface area contributed by atoms with Gasteiger partial charge in [-0.25, -0.2) is 0 Å². The minimum atomic E-state index is -0.695. The van der Waals surface area contributed by atoms with Crippen LogP contribution >= 0.6 is 0 Å². The third-order valence-corrected chi connectivity index (χ3v) is 2.96. The number of carboxylic acids is 1. The van der Waals surface area contributed by atoms with Crippen molar-refractivity contribution in [1.29, 1.82) is 0 Å². The minimum Gasteiger partial charge on any atom is -0.481 e. The summed E-state index contributed by atoms with van der Waals surface area (Å²) in [5.41, 5.74) is -0.306. The fourth-order valence-electron chi connectivity index (χ4n) is 0.935. The van der Waals surface area contributed by atoms with Crippen LogP contribution in [0.25, 0.3) is 0 Å². The predicted molar refractivity (Wildman–Crippen MR) is 54.7 cm³/mol. The van der Waals surface area contributed by atoms with Gasteiger partial charge in [0.1, 0.15) is 0 Å². The number of hydrogen-bond donors (Lipinski definition) is 1. The Kier molecular flexibility index (Phi) is 3.95. The Morgan fingerprint density at radius 2 is 1.62 bits per heavy atom. The number of carboxylic acid groups (broad SMARTS) is 1. The monoisotopic (exact) mass is 186 g/mol. The molecule has 0 fully saturated rings. The van der Waals surface area contributed by atoms with Crippen molar-refractivity contribution in [2.45, 2.75) is 53.9 Å². The largest absolute Gasteiger partial charge is 0.481 e. The normalized spacial score (nSPS) is 13.0. The molecule has 0 heterocycles. The van der Waals surface area contributed by atoms with Crippen LogP contribution in [0.1, 0.15) is 53.9 Å². The predicted octanol–water partition coefficient (Wildman–Crippen LogP) is 3.31. The Balaban J connectivity index is 4.09. The highest BCUT2D eigenvalue weighted by Crippen LogP contribution is 2.32. The summed E-state index contributed by atoms with van der Waals surface area (Å²) in [7, 11) is 0. The summed E-state index contributed by atoms with van der Waals surface area (Å²) in [4.78, 5) is 10.8. The first kappa shape index (κ1) is 12.5. The zero-order valence-electron chi connectivity index (χ0n) is 9.48. The van der Waals surface area contributed by atoms with Gasteiger partial charge < -0.3 is 5.11 Å². The highest BCUT2D eigenvalue weighted by atomic mass is 16.4. The van der Waals surface area contributed by atoms with Crippen LogP contribution < -0.4 is 0 Å². The molecular weight excluding hydrogens is 164 g/mol. The van der Waals surface area contributed by atoms with Crippen LogP contribution in [-0.4, -0.2) is 11.1 Å². The molecule has 0 aromatic carbocycles. The lowest BCUT2D eigenvalue weighted by atomic mass is 9.78. The maximum Gasteiger partial charge on any atom is 0.309 e. The molecule has 0 aromatic rings. The number of rotatable bonds is 5. The van der Waals surface area contributed by atoms with Gasteiger partial charge in [0.25, 0.3) is 0 Å². The summed E-state index contributed by atoms with van der Waals surface area (Å²) in [5, 5.41) is 8.91. The van der Waals surface area contributed by atoms with E-state index < -0.39 is 11.4 Å². The fourth-order valence-corrected chi connectivity index (χ4v) is 0.935. The summed E-state index contributed by atoms with van der Waals surface area (Å²) in [5.74, 6) is -0.695. The lowest BCUT2D eigenvalue weighted by Gasteiger charge is -2.27. The van der Waals surface area contributed by atoms with Crippen LogP contribution in [0.4, 0.5) is 0 Å². The van der Waals surface area contributed by atoms with Crippen molar-refractivity contribution < 1.29 is 9.90 Å². The topological polar surface area (TPSA) is 37.3 Å². The quantitative estimate of drug-likeness (QED) is 0.715. The van der Waals surface area contributed by atoms with Gasteiger partial charge in [-0.05, 0) is 32.1 Å². The second kappa shape index (κ2) is 4.12. The Morgan fingerprint density at radius 3 is 1.92 bits per heavy atom. The first-order chi connectivity index (χ1) is 5.71. The number of carbonyl (C=O) groups is 1. The van der Waals surface area contributed by atoms with Crippen molar-refractivity contribution in [3.8, 4) is 0 Å². The Morgan fingerprint density at radius 1 is 1.15 bits per heavy atom. The second-order valence-electron chi connectivity index (χ2n) is 5.21. The Bertz CT molecular complexity index is 181. The molecule has 0 aliphatic rings. The van der Waals surface area contributed by atoms with E-state index in [1.165, 1.54) is 0 Å². The molecule has 0 atom stereocenters. The molecule has 0 unspecified atom stereocenters. The van der Waals surface area contributed by atoms with Crippen molar-refractivity contribution in [2.24, 2.45) is 10.8 Å². The van der Waals surface area contributed by atoms with Gasteiger partial charge in [0, 0.05) is 0 Å². The van der Waals surface area contributed by atoms with Gasteiger partial charge in [-0.1, -0.05) is 27.2 Å². The summed E-state index contributed by atoms with van der Waals surface area (Å²) in [6.45, 7) is 10.1. The zero-order valence-corrected chi connectivity index (χ0v) is 9.48. The summed E-state index contributed by atoms with van der Waals surface area (Å²) < 4.78 is 0. The molecule has 1 N–H and O–H groups in total. The van der Waals surface area contributed by atoms with Crippen molar-refractivity contribution in [3.63, 3.8) is 0 Å². The number of aliphatic carboxylic acids is 1. The fraction of sp³-hybridized carbons (Fsp3) is 0.909. The highest BCUT2D eigenvalue weighted by Gasteiger charge is 2.29. The lowest BCUT2D eigenvalue weighted by molar-refractivity contribution is -0.147. The van der Waals surface area contributed by atoms with E-state index in [0.29, 0.717) is 0 Å².